The number of aliphatic hydroxyl groups is 1. The Bertz CT molecular complexity index is 976. The van der Waals surface area contributed by atoms with Crippen molar-refractivity contribution in [1.82, 2.24) is 0 Å². The molecule has 2 heterocycles. The van der Waals surface area contributed by atoms with Gasteiger partial charge in [-0.1, -0.05) is 35.5 Å². The summed E-state index contributed by atoms with van der Waals surface area (Å²) in [6.45, 7) is 1.76. The number of aliphatic imine (C=N–C) groups is 1. The zero-order valence-electron chi connectivity index (χ0n) is 14.1. The number of hydrogen-bond acceptors (Lipinski definition) is 6. The maximum atomic E-state index is 12.5. The molecule has 0 unspecified atom stereocenters. The van der Waals surface area contributed by atoms with E-state index in [2.05, 4.69) is 4.99 Å². The zero-order valence-corrected chi connectivity index (χ0v) is 15.7. The first-order valence-electron chi connectivity index (χ1n) is 7.93. The number of amides is 1. The van der Waals surface area contributed by atoms with E-state index in [0.29, 0.717) is 10.7 Å². The van der Waals surface area contributed by atoms with Crippen LogP contribution in [0.4, 0.5) is 0 Å². The average Bonchev–Trinajstić information content (AvgIpc) is 3.24. The van der Waals surface area contributed by atoms with Crippen LogP contribution in [0.25, 0.3) is 6.08 Å². The van der Waals surface area contributed by atoms with Gasteiger partial charge in [0.15, 0.2) is 0 Å². The second-order valence-electron chi connectivity index (χ2n) is 5.27. The summed E-state index contributed by atoms with van der Waals surface area (Å²) >= 11 is 7.00. The summed E-state index contributed by atoms with van der Waals surface area (Å²) in [6, 6.07) is 9.82. The Morgan fingerprint density at radius 2 is 2.07 bits per heavy atom. The van der Waals surface area contributed by atoms with Crippen LogP contribution in [-0.4, -0.2) is 28.6 Å². The van der Waals surface area contributed by atoms with Crippen LogP contribution in [0.5, 0.6) is 0 Å². The third kappa shape index (κ3) is 4.15. The van der Waals surface area contributed by atoms with E-state index in [9.17, 15) is 14.7 Å². The van der Waals surface area contributed by atoms with Crippen LogP contribution >= 0.6 is 23.4 Å². The number of furan rings is 1. The molecular weight excluding hydrogens is 390 g/mol. The van der Waals surface area contributed by atoms with Gasteiger partial charge in [-0.25, -0.2) is 9.79 Å². The number of nitrogens with zero attached hydrogens (tertiary/aromatic N) is 1. The molecule has 6 nitrogen and oxygen atoms in total. The summed E-state index contributed by atoms with van der Waals surface area (Å²) in [5.74, 6) is -1.24. The number of carbonyl (C=O) groups excluding carboxylic acids is 2. The van der Waals surface area contributed by atoms with Crippen LogP contribution in [0, 0.1) is 0 Å². The fraction of sp³-hybridized carbons (Fsp3) is 0.105. The summed E-state index contributed by atoms with van der Waals surface area (Å²) in [7, 11) is 0. The number of carbonyl (C=O) groups is 2. The topological polar surface area (TPSA) is 89.1 Å². The molecule has 1 aliphatic heterocycles. The SMILES string of the molecule is CCOC(=O)C1=C(O)/C(=C/c2ccco2)SC1=NC(=O)c1ccccc1Cl. The number of ether oxygens (including phenoxy) is 1. The molecule has 0 spiro atoms. The maximum Gasteiger partial charge on any atom is 0.344 e. The normalized spacial score (nSPS) is 17.0. The van der Waals surface area contributed by atoms with Gasteiger partial charge in [-0.05, 0) is 37.3 Å². The van der Waals surface area contributed by atoms with Gasteiger partial charge in [-0.3, -0.25) is 4.79 Å². The van der Waals surface area contributed by atoms with Crippen LogP contribution < -0.4 is 0 Å². The molecule has 3 rings (SSSR count). The van der Waals surface area contributed by atoms with Crippen molar-refractivity contribution < 1.29 is 23.8 Å². The van der Waals surface area contributed by atoms with E-state index < -0.39 is 11.9 Å². The van der Waals surface area contributed by atoms with Gasteiger partial charge in [0.05, 0.1) is 28.4 Å². The third-order valence-electron chi connectivity index (χ3n) is 3.49. The summed E-state index contributed by atoms with van der Waals surface area (Å²) in [6.07, 6.45) is 3.02. The number of thioether (sulfide) groups is 1. The Labute approximate surface area is 164 Å². The fourth-order valence-corrected chi connectivity index (χ4v) is 3.49. The van der Waals surface area contributed by atoms with E-state index in [1.165, 1.54) is 12.3 Å². The van der Waals surface area contributed by atoms with Gasteiger partial charge in [0.25, 0.3) is 5.91 Å². The van der Waals surface area contributed by atoms with Crippen LogP contribution in [0.15, 0.2) is 68.3 Å². The van der Waals surface area contributed by atoms with Crippen molar-refractivity contribution in [2.75, 3.05) is 6.61 Å². The second kappa shape index (κ2) is 8.28. The maximum absolute atomic E-state index is 12.5. The Morgan fingerprint density at radius 3 is 2.74 bits per heavy atom. The van der Waals surface area contributed by atoms with E-state index in [0.717, 1.165) is 11.8 Å². The molecule has 0 saturated carbocycles. The molecule has 138 valence electrons. The second-order valence-corrected chi connectivity index (χ2v) is 6.71. The van der Waals surface area contributed by atoms with Crippen molar-refractivity contribution in [2.24, 2.45) is 4.99 Å². The quantitative estimate of drug-likeness (QED) is 0.748. The minimum absolute atomic E-state index is 0.0358. The lowest BCUT2D eigenvalue weighted by Gasteiger charge is -2.04. The minimum Gasteiger partial charge on any atom is -0.506 e. The molecule has 1 aromatic carbocycles. The molecule has 8 heteroatoms. The van der Waals surface area contributed by atoms with Gasteiger partial charge >= 0.3 is 5.97 Å². The highest BCUT2D eigenvalue weighted by Gasteiger charge is 2.34. The van der Waals surface area contributed by atoms with Gasteiger partial charge in [0.2, 0.25) is 0 Å². The Balaban J connectivity index is 2.02. The highest BCUT2D eigenvalue weighted by molar-refractivity contribution is 8.18. The van der Waals surface area contributed by atoms with Crippen molar-refractivity contribution >= 4 is 46.4 Å². The van der Waals surface area contributed by atoms with Crippen LogP contribution in [-0.2, 0) is 9.53 Å². The van der Waals surface area contributed by atoms with E-state index in [4.69, 9.17) is 20.8 Å². The monoisotopic (exact) mass is 403 g/mol. The molecule has 0 aliphatic carbocycles. The number of rotatable bonds is 4. The lowest BCUT2D eigenvalue weighted by Crippen LogP contribution is -2.14. The van der Waals surface area contributed by atoms with Crippen molar-refractivity contribution in [3.05, 3.63) is 75.2 Å². The van der Waals surface area contributed by atoms with Gasteiger partial charge in [-0.15, -0.1) is 0 Å². The van der Waals surface area contributed by atoms with Gasteiger partial charge < -0.3 is 14.3 Å². The van der Waals surface area contributed by atoms with E-state index in [1.807, 2.05) is 0 Å². The number of halogens is 1. The molecule has 1 aromatic heterocycles. The average molecular weight is 404 g/mol. The van der Waals surface area contributed by atoms with Gasteiger partial charge in [0, 0.05) is 0 Å². The van der Waals surface area contributed by atoms with Gasteiger partial charge in [-0.2, -0.15) is 0 Å². The summed E-state index contributed by atoms with van der Waals surface area (Å²) in [5.41, 5.74) is 0.0264. The third-order valence-corrected chi connectivity index (χ3v) is 4.84. The minimum atomic E-state index is -0.768. The van der Waals surface area contributed by atoms with Crippen molar-refractivity contribution in [3.63, 3.8) is 0 Å². The highest BCUT2D eigenvalue weighted by atomic mass is 35.5. The highest BCUT2D eigenvalue weighted by Crippen LogP contribution is 2.39. The Kier molecular flexibility index (Phi) is 5.83. The van der Waals surface area contributed by atoms with E-state index in [-0.39, 0.29) is 33.6 Å². The van der Waals surface area contributed by atoms with Crippen LogP contribution in [0.2, 0.25) is 5.02 Å². The Hall–Kier alpha value is -2.77. The fourth-order valence-electron chi connectivity index (χ4n) is 2.28. The van der Waals surface area contributed by atoms with Crippen molar-refractivity contribution in [1.29, 1.82) is 0 Å². The summed E-state index contributed by atoms with van der Waals surface area (Å²) in [5, 5.41) is 10.8. The molecule has 27 heavy (non-hydrogen) atoms. The number of aliphatic hydroxyl groups excluding tert-OH is 1. The molecule has 1 amide bonds. The molecule has 0 radical (unpaired) electrons. The smallest absolute Gasteiger partial charge is 0.344 e. The molecule has 2 aromatic rings. The summed E-state index contributed by atoms with van der Waals surface area (Å²) < 4.78 is 10.2. The van der Waals surface area contributed by atoms with Crippen LogP contribution in [0.1, 0.15) is 23.0 Å². The number of hydrogen-bond donors (Lipinski definition) is 1. The standard InChI is InChI=1S/C19H14ClNO5S/c1-2-25-19(24)15-16(22)14(10-11-6-5-9-26-11)27-18(15)21-17(23)12-7-3-4-8-13(12)20/h3-10,22H,2H2,1H3/b14-10-,21-18?. The lowest BCUT2D eigenvalue weighted by molar-refractivity contribution is -0.138. The van der Waals surface area contributed by atoms with Crippen LogP contribution in [0.3, 0.4) is 0 Å². The number of esters is 1. The molecule has 0 fully saturated rings. The summed E-state index contributed by atoms with van der Waals surface area (Å²) in [4.78, 5) is 29.1. The molecule has 1 aliphatic rings. The zero-order chi connectivity index (χ0) is 19.4. The Morgan fingerprint density at radius 1 is 1.30 bits per heavy atom. The predicted octanol–water partition coefficient (Wildman–Crippen LogP) is 4.63. The molecule has 0 saturated heterocycles. The largest absolute Gasteiger partial charge is 0.506 e. The van der Waals surface area contributed by atoms with E-state index >= 15 is 0 Å². The molecule has 0 atom stereocenters. The number of benzene rings is 1. The lowest BCUT2D eigenvalue weighted by atomic mass is 10.2. The first-order valence-corrected chi connectivity index (χ1v) is 9.12. The predicted molar refractivity (Wildman–Crippen MR) is 104 cm³/mol. The van der Waals surface area contributed by atoms with Crippen molar-refractivity contribution in [3.8, 4) is 0 Å². The van der Waals surface area contributed by atoms with E-state index in [1.54, 1.807) is 43.3 Å². The first-order chi connectivity index (χ1) is 13.0. The van der Waals surface area contributed by atoms with Gasteiger partial charge in [0.1, 0.15) is 22.1 Å². The molecule has 1 N–H and O–H groups in total. The van der Waals surface area contributed by atoms with Crippen molar-refractivity contribution in [2.45, 2.75) is 6.92 Å². The first kappa shape index (κ1) is 19.0. The molecule has 0 bridgehead atoms. The molecular formula is C19H14ClNO5S.